The first kappa shape index (κ1) is 16.9. The van der Waals surface area contributed by atoms with E-state index in [1.54, 1.807) is 11.3 Å². The van der Waals surface area contributed by atoms with Crippen LogP contribution in [0.25, 0.3) is 10.6 Å². The molecule has 6 heteroatoms. The molecule has 0 aliphatic carbocycles. The molecule has 3 rings (SSSR count). The molecular formula is C18H23N3O2S. The number of nitrogens with one attached hydrogen (secondary N) is 1. The Labute approximate surface area is 146 Å². The van der Waals surface area contributed by atoms with Gasteiger partial charge in [0.1, 0.15) is 10.8 Å². The lowest BCUT2D eigenvalue weighted by Crippen LogP contribution is -2.52. The van der Waals surface area contributed by atoms with Crippen LogP contribution in [0, 0.1) is 0 Å². The second kappa shape index (κ2) is 7.77. The average Bonchev–Trinajstić information content (AvgIpc) is 3.04. The van der Waals surface area contributed by atoms with Gasteiger partial charge in [0.05, 0.1) is 18.7 Å². The molecule has 0 radical (unpaired) electrons. The average molecular weight is 345 g/mol. The van der Waals surface area contributed by atoms with Gasteiger partial charge in [0, 0.05) is 36.6 Å². The zero-order chi connectivity index (χ0) is 16.9. The highest BCUT2D eigenvalue weighted by Crippen LogP contribution is 2.26. The number of aromatic nitrogens is 1. The predicted molar refractivity (Wildman–Crippen MR) is 96.5 cm³/mol. The van der Waals surface area contributed by atoms with Crippen LogP contribution in [0.15, 0.2) is 29.6 Å². The van der Waals surface area contributed by atoms with E-state index in [0.717, 1.165) is 41.6 Å². The van der Waals surface area contributed by atoms with Gasteiger partial charge in [0.2, 0.25) is 5.91 Å². The van der Waals surface area contributed by atoms with E-state index in [4.69, 9.17) is 4.74 Å². The number of carbonyl (C=O) groups is 1. The van der Waals surface area contributed by atoms with Crippen molar-refractivity contribution in [1.82, 2.24) is 15.2 Å². The lowest BCUT2D eigenvalue weighted by atomic mass is 10.2. The summed E-state index contributed by atoms with van der Waals surface area (Å²) in [5.74, 6) is 1.02. The molecule has 0 spiro atoms. The van der Waals surface area contributed by atoms with Crippen LogP contribution in [0.2, 0.25) is 0 Å². The third kappa shape index (κ3) is 3.94. The van der Waals surface area contributed by atoms with Gasteiger partial charge in [-0.25, -0.2) is 4.98 Å². The van der Waals surface area contributed by atoms with E-state index in [1.807, 2.05) is 41.5 Å². The van der Waals surface area contributed by atoms with Gasteiger partial charge in [-0.05, 0) is 38.1 Å². The highest BCUT2D eigenvalue weighted by Gasteiger charge is 2.23. The van der Waals surface area contributed by atoms with Crippen molar-refractivity contribution in [3.8, 4) is 16.3 Å². The van der Waals surface area contributed by atoms with Gasteiger partial charge in [-0.1, -0.05) is 0 Å². The highest BCUT2D eigenvalue weighted by molar-refractivity contribution is 7.13. The van der Waals surface area contributed by atoms with Crippen LogP contribution in [0.3, 0.4) is 0 Å². The summed E-state index contributed by atoms with van der Waals surface area (Å²) in [6, 6.07) is 8.17. The van der Waals surface area contributed by atoms with Crippen LogP contribution >= 0.6 is 11.3 Å². The summed E-state index contributed by atoms with van der Waals surface area (Å²) in [5.41, 5.74) is 1.90. The molecule has 1 aliphatic heterocycles. The second-order valence-electron chi connectivity index (χ2n) is 5.92. The Morgan fingerprint density at radius 1 is 1.42 bits per heavy atom. The van der Waals surface area contributed by atoms with Gasteiger partial charge in [0.25, 0.3) is 0 Å². The molecule has 128 valence electrons. The summed E-state index contributed by atoms with van der Waals surface area (Å²) in [4.78, 5) is 19.1. The summed E-state index contributed by atoms with van der Waals surface area (Å²) < 4.78 is 5.46. The number of hydrogen-bond acceptors (Lipinski definition) is 5. The number of thiazole rings is 1. The van der Waals surface area contributed by atoms with Crippen LogP contribution in [-0.2, 0) is 11.2 Å². The van der Waals surface area contributed by atoms with Crippen LogP contribution < -0.4 is 10.1 Å². The van der Waals surface area contributed by atoms with Gasteiger partial charge in [0.15, 0.2) is 0 Å². The maximum absolute atomic E-state index is 12.5. The molecule has 1 aromatic heterocycles. The molecule has 0 bridgehead atoms. The number of piperazine rings is 1. The molecule has 24 heavy (non-hydrogen) atoms. The largest absolute Gasteiger partial charge is 0.494 e. The van der Waals surface area contributed by atoms with Crippen molar-refractivity contribution in [2.24, 2.45) is 0 Å². The van der Waals surface area contributed by atoms with Gasteiger partial charge >= 0.3 is 0 Å². The van der Waals surface area contributed by atoms with Gasteiger partial charge in [-0.2, -0.15) is 0 Å². The molecule has 1 N–H and O–H groups in total. The molecule has 1 amide bonds. The maximum atomic E-state index is 12.5. The fourth-order valence-electron chi connectivity index (χ4n) is 2.85. The van der Waals surface area contributed by atoms with E-state index in [2.05, 4.69) is 17.2 Å². The second-order valence-corrected chi connectivity index (χ2v) is 6.78. The number of benzene rings is 1. The Morgan fingerprint density at radius 3 is 2.92 bits per heavy atom. The van der Waals surface area contributed by atoms with E-state index in [0.29, 0.717) is 13.0 Å². The molecule has 2 heterocycles. The van der Waals surface area contributed by atoms with E-state index in [9.17, 15) is 4.79 Å². The first-order chi connectivity index (χ1) is 11.7. The third-order valence-electron chi connectivity index (χ3n) is 4.12. The fraction of sp³-hybridized carbons (Fsp3) is 0.444. The number of carbonyl (C=O) groups excluding carboxylic acids is 1. The van der Waals surface area contributed by atoms with Crippen molar-refractivity contribution in [1.29, 1.82) is 0 Å². The van der Waals surface area contributed by atoms with Crippen molar-refractivity contribution in [2.45, 2.75) is 26.3 Å². The minimum absolute atomic E-state index is 0.160. The topological polar surface area (TPSA) is 54.5 Å². The Kier molecular flexibility index (Phi) is 5.48. The number of nitrogens with zero attached hydrogens (tertiary/aromatic N) is 2. The minimum atomic E-state index is 0.160. The van der Waals surface area contributed by atoms with Crippen molar-refractivity contribution >= 4 is 17.2 Å². The number of ether oxygens (including phenoxy) is 1. The third-order valence-corrected chi connectivity index (χ3v) is 5.06. The van der Waals surface area contributed by atoms with Crippen LogP contribution in [0.1, 0.15) is 19.5 Å². The van der Waals surface area contributed by atoms with Crippen molar-refractivity contribution in [3.05, 3.63) is 35.3 Å². The van der Waals surface area contributed by atoms with Gasteiger partial charge in [-0.3, -0.25) is 4.79 Å². The SMILES string of the molecule is CCOc1ccc(-c2nc(CC(=O)N3CCNC[C@H]3C)cs2)cc1. The Bertz CT molecular complexity index is 684. The standard InChI is InChI=1S/C18H23N3O2S/c1-3-23-16-6-4-14(5-7-16)18-20-15(12-24-18)10-17(22)21-9-8-19-11-13(21)2/h4-7,12-13,19H,3,8-11H2,1-2H3/t13-/m1/s1. The molecule has 5 nitrogen and oxygen atoms in total. The van der Waals surface area contributed by atoms with E-state index < -0.39 is 0 Å². The molecule has 1 fully saturated rings. The summed E-state index contributed by atoms with van der Waals surface area (Å²) in [5, 5.41) is 6.23. The normalized spacial score (nSPS) is 17.8. The maximum Gasteiger partial charge on any atom is 0.228 e. The quantitative estimate of drug-likeness (QED) is 0.905. The first-order valence-electron chi connectivity index (χ1n) is 8.35. The van der Waals surface area contributed by atoms with E-state index >= 15 is 0 Å². The minimum Gasteiger partial charge on any atom is -0.494 e. The van der Waals surface area contributed by atoms with Crippen LogP contribution in [0.4, 0.5) is 0 Å². The molecule has 0 saturated carbocycles. The monoisotopic (exact) mass is 345 g/mol. The van der Waals surface area contributed by atoms with Crippen LogP contribution in [-0.4, -0.2) is 48.1 Å². The molecule has 1 aliphatic rings. The smallest absolute Gasteiger partial charge is 0.228 e. The molecule has 1 atom stereocenters. The Morgan fingerprint density at radius 2 is 2.21 bits per heavy atom. The highest BCUT2D eigenvalue weighted by atomic mass is 32.1. The predicted octanol–water partition coefficient (Wildman–Crippen LogP) is 2.57. The number of amides is 1. The lowest BCUT2D eigenvalue weighted by molar-refractivity contribution is -0.133. The summed E-state index contributed by atoms with van der Waals surface area (Å²) in [7, 11) is 0. The first-order valence-corrected chi connectivity index (χ1v) is 9.23. The fourth-order valence-corrected chi connectivity index (χ4v) is 3.68. The van der Waals surface area contributed by atoms with Crippen molar-refractivity contribution in [3.63, 3.8) is 0 Å². The molecule has 2 aromatic rings. The zero-order valence-corrected chi connectivity index (χ0v) is 14.9. The Hall–Kier alpha value is -1.92. The summed E-state index contributed by atoms with van der Waals surface area (Å²) in [6.07, 6.45) is 0.373. The molecule has 0 unspecified atom stereocenters. The summed E-state index contributed by atoms with van der Waals surface area (Å²) in [6.45, 7) is 7.21. The lowest BCUT2D eigenvalue weighted by Gasteiger charge is -2.33. The van der Waals surface area contributed by atoms with Crippen LogP contribution in [0.5, 0.6) is 5.75 Å². The zero-order valence-electron chi connectivity index (χ0n) is 14.1. The number of rotatable bonds is 5. The number of hydrogen-bond donors (Lipinski definition) is 1. The van der Waals surface area contributed by atoms with Gasteiger partial charge < -0.3 is 15.0 Å². The molecular weight excluding hydrogens is 322 g/mol. The van der Waals surface area contributed by atoms with Gasteiger partial charge in [-0.15, -0.1) is 11.3 Å². The molecule has 1 saturated heterocycles. The molecule has 1 aromatic carbocycles. The summed E-state index contributed by atoms with van der Waals surface area (Å²) >= 11 is 1.58. The Balaban J connectivity index is 1.65. The van der Waals surface area contributed by atoms with E-state index in [1.165, 1.54) is 0 Å². The van der Waals surface area contributed by atoms with E-state index in [-0.39, 0.29) is 11.9 Å². The van der Waals surface area contributed by atoms with Crippen molar-refractivity contribution in [2.75, 3.05) is 26.2 Å². The van der Waals surface area contributed by atoms with Crippen molar-refractivity contribution < 1.29 is 9.53 Å².